The van der Waals surface area contributed by atoms with Crippen molar-refractivity contribution in [3.05, 3.63) is 66.7 Å². The molecular formula is C23H24N2O4. The van der Waals surface area contributed by atoms with E-state index in [9.17, 15) is 9.90 Å². The van der Waals surface area contributed by atoms with Gasteiger partial charge in [-0.15, -0.1) is 0 Å². The Morgan fingerprint density at radius 2 is 1.66 bits per heavy atom. The molecule has 150 valence electrons. The van der Waals surface area contributed by atoms with Crippen molar-refractivity contribution in [1.82, 2.24) is 4.98 Å². The van der Waals surface area contributed by atoms with E-state index in [0.29, 0.717) is 11.6 Å². The molecule has 1 aromatic heterocycles. The maximum Gasteiger partial charge on any atom is 0.347 e. The van der Waals surface area contributed by atoms with Gasteiger partial charge in [0.2, 0.25) is 5.88 Å². The smallest absolute Gasteiger partial charge is 0.347 e. The third kappa shape index (κ3) is 4.48. The van der Waals surface area contributed by atoms with Gasteiger partial charge in [0, 0.05) is 18.3 Å². The van der Waals surface area contributed by atoms with Crippen molar-refractivity contribution in [3.8, 4) is 22.9 Å². The molecule has 0 fully saturated rings. The highest BCUT2D eigenvalue weighted by Gasteiger charge is 2.29. The third-order valence-electron chi connectivity index (χ3n) is 4.58. The molecule has 1 heterocycles. The zero-order chi connectivity index (χ0) is 21.0. The van der Waals surface area contributed by atoms with E-state index in [2.05, 4.69) is 4.98 Å². The molecule has 3 aromatic rings. The molecule has 29 heavy (non-hydrogen) atoms. The molecule has 0 spiro atoms. The normalized spacial score (nSPS) is 11.0. The lowest BCUT2D eigenvalue weighted by atomic mass is 10.1. The Morgan fingerprint density at radius 1 is 1.00 bits per heavy atom. The topological polar surface area (TPSA) is 71.9 Å². The molecule has 0 bridgehead atoms. The first-order valence-electron chi connectivity index (χ1n) is 9.18. The first kappa shape index (κ1) is 20.2. The Kier molecular flexibility index (Phi) is 5.73. The van der Waals surface area contributed by atoms with Crippen molar-refractivity contribution < 1.29 is 19.4 Å². The lowest BCUT2D eigenvalue weighted by Crippen LogP contribution is -2.37. The number of hydrogen-bond acceptors (Lipinski definition) is 5. The number of aromatic nitrogens is 1. The number of methoxy groups -OCH3 is 1. The van der Waals surface area contributed by atoms with Crippen LogP contribution in [0.2, 0.25) is 0 Å². The van der Waals surface area contributed by atoms with Gasteiger partial charge >= 0.3 is 5.97 Å². The number of carboxylic acids is 1. The Bertz CT molecular complexity index is 986. The first-order valence-corrected chi connectivity index (χ1v) is 9.18. The average molecular weight is 392 g/mol. The maximum atomic E-state index is 11.2. The Balaban J connectivity index is 1.84. The second-order valence-electron chi connectivity index (χ2n) is 7.06. The van der Waals surface area contributed by atoms with Crippen molar-refractivity contribution in [3.63, 3.8) is 0 Å². The van der Waals surface area contributed by atoms with Gasteiger partial charge in [-0.3, -0.25) is 0 Å². The zero-order valence-corrected chi connectivity index (χ0v) is 16.9. The predicted molar refractivity (Wildman–Crippen MR) is 113 cm³/mol. The van der Waals surface area contributed by atoms with Crippen molar-refractivity contribution in [2.75, 3.05) is 19.1 Å². The van der Waals surface area contributed by atoms with Gasteiger partial charge in [-0.25, -0.2) is 9.78 Å². The second kappa shape index (κ2) is 8.22. The van der Waals surface area contributed by atoms with Gasteiger partial charge in [0.1, 0.15) is 11.4 Å². The van der Waals surface area contributed by atoms with Crippen LogP contribution in [-0.4, -0.2) is 35.8 Å². The minimum absolute atomic E-state index is 0.485. The summed E-state index contributed by atoms with van der Waals surface area (Å²) in [5.74, 6) is -0.0201. The number of anilines is 2. The van der Waals surface area contributed by atoms with Crippen LogP contribution in [0.1, 0.15) is 13.8 Å². The van der Waals surface area contributed by atoms with Crippen LogP contribution < -0.4 is 14.4 Å². The van der Waals surface area contributed by atoms with E-state index in [1.54, 1.807) is 19.2 Å². The van der Waals surface area contributed by atoms with E-state index in [4.69, 9.17) is 9.47 Å². The molecule has 3 rings (SSSR count). The summed E-state index contributed by atoms with van der Waals surface area (Å²) in [4.78, 5) is 17.8. The fraction of sp³-hybridized carbons (Fsp3) is 0.217. The average Bonchev–Trinajstić information content (AvgIpc) is 2.73. The van der Waals surface area contributed by atoms with Gasteiger partial charge in [-0.1, -0.05) is 30.3 Å². The summed E-state index contributed by atoms with van der Waals surface area (Å²) in [5.41, 5.74) is 2.25. The summed E-state index contributed by atoms with van der Waals surface area (Å²) in [6.07, 6.45) is 0. The van der Waals surface area contributed by atoms with Gasteiger partial charge in [0.15, 0.2) is 5.60 Å². The number of pyridine rings is 1. The zero-order valence-electron chi connectivity index (χ0n) is 16.9. The highest BCUT2D eigenvalue weighted by molar-refractivity contribution is 5.77. The van der Waals surface area contributed by atoms with E-state index in [1.165, 1.54) is 13.8 Å². The molecule has 2 aromatic carbocycles. The van der Waals surface area contributed by atoms with Crippen LogP contribution in [0.5, 0.6) is 11.6 Å². The van der Waals surface area contributed by atoms with E-state index >= 15 is 0 Å². The maximum absolute atomic E-state index is 11.2. The van der Waals surface area contributed by atoms with E-state index in [-0.39, 0.29) is 0 Å². The van der Waals surface area contributed by atoms with E-state index < -0.39 is 11.6 Å². The van der Waals surface area contributed by atoms with Gasteiger partial charge in [0.05, 0.1) is 12.8 Å². The van der Waals surface area contributed by atoms with Crippen molar-refractivity contribution in [2.45, 2.75) is 19.4 Å². The molecule has 0 amide bonds. The highest BCUT2D eigenvalue weighted by atomic mass is 16.5. The number of ether oxygens (including phenoxy) is 2. The SMILES string of the molecule is COc1nc(-c2ccccc2)ccc1N(C)c1ccc(OC(C)(C)C(=O)O)cc1. The molecule has 0 aliphatic rings. The van der Waals surface area contributed by atoms with Crippen LogP contribution in [0.3, 0.4) is 0 Å². The van der Waals surface area contributed by atoms with Crippen LogP contribution in [0.15, 0.2) is 66.7 Å². The number of benzene rings is 2. The predicted octanol–water partition coefficient (Wildman–Crippen LogP) is 4.77. The number of carbonyl (C=O) groups is 1. The van der Waals surface area contributed by atoms with Crippen molar-refractivity contribution in [1.29, 1.82) is 0 Å². The minimum Gasteiger partial charge on any atom is -0.479 e. The number of hydrogen-bond donors (Lipinski definition) is 1. The Morgan fingerprint density at radius 3 is 2.24 bits per heavy atom. The molecule has 0 aliphatic heterocycles. The number of nitrogens with zero attached hydrogens (tertiary/aromatic N) is 2. The van der Waals surface area contributed by atoms with Gasteiger partial charge in [-0.2, -0.15) is 0 Å². The van der Waals surface area contributed by atoms with Crippen LogP contribution in [0, 0.1) is 0 Å². The molecule has 0 aliphatic carbocycles. The van der Waals surface area contributed by atoms with Gasteiger partial charge in [0.25, 0.3) is 0 Å². The molecular weight excluding hydrogens is 368 g/mol. The summed E-state index contributed by atoms with van der Waals surface area (Å²) in [7, 11) is 3.51. The van der Waals surface area contributed by atoms with Crippen LogP contribution >= 0.6 is 0 Å². The Hall–Kier alpha value is -3.54. The summed E-state index contributed by atoms with van der Waals surface area (Å²) in [6.45, 7) is 3.03. The van der Waals surface area contributed by atoms with E-state index in [1.807, 2.05) is 66.5 Å². The molecule has 1 N–H and O–H groups in total. The number of carboxylic acid groups (broad SMARTS) is 1. The minimum atomic E-state index is -1.30. The standard InChI is InChI=1S/C23H24N2O4/c1-23(2,22(26)27)29-18-12-10-17(11-13-18)25(3)20-15-14-19(24-21(20)28-4)16-8-6-5-7-9-16/h5-15H,1-4H3,(H,26,27). The lowest BCUT2D eigenvalue weighted by Gasteiger charge is -2.24. The van der Waals surface area contributed by atoms with Gasteiger partial charge in [-0.05, 0) is 50.2 Å². The Labute approximate surface area is 170 Å². The fourth-order valence-corrected chi connectivity index (χ4v) is 2.82. The fourth-order valence-electron chi connectivity index (χ4n) is 2.82. The molecule has 6 heteroatoms. The molecule has 0 atom stereocenters. The molecule has 0 saturated heterocycles. The van der Waals surface area contributed by atoms with Gasteiger partial charge < -0.3 is 19.5 Å². The van der Waals surface area contributed by atoms with E-state index in [0.717, 1.165) is 22.6 Å². The highest BCUT2D eigenvalue weighted by Crippen LogP contribution is 2.34. The largest absolute Gasteiger partial charge is 0.479 e. The second-order valence-corrected chi connectivity index (χ2v) is 7.06. The summed E-state index contributed by atoms with van der Waals surface area (Å²) >= 11 is 0. The van der Waals surface area contributed by atoms with Crippen LogP contribution in [0.4, 0.5) is 11.4 Å². The quantitative estimate of drug-likeness (QED) is 0.625. The molecule has 6 nitrogen and oxygen atoms in total. The monoisotopic (exact) mass is 392 g/mol. The molecule has 0 saturated carbocycles. The van der Waals surface area contributed by atoms with Crippen LogP contribution in [-0.2, 0) is 4.79 Å². The molecule has 0 unspecified atom stereocenters. The summed E-state index contributed by atoms with van der Waals surface area (Å²) < 4.78 is 11.1. The number of rotatable bonds is 7. The summed E-state index contributed by atoms with van der Waals surface area (Å²) in [5, 5.41) is 9.20. The lowest BCUT2D eigenvalue weighted by molar-refractivity contribution is -0.152. The van der Waals surface area contributed by atoms with Crippen molar-refractivity contribution in [2.24, 2.45) is 0 Å². The third-order valence-corrected chi connectivity index (χ3v) is 4.58. The summed E-state index contributed by atoms with van der Waals surface area (Å²) in [6, 6.07) is 21.0. The number of aliphatic carboxylic acids is 1. The molecule has 0 radical (unpaired) electrons. The van der Waals surface area contributed by atoms with Crippen LogP contribution in [0.25, 0.3) is 11.3 Å². The first-order chi connectivity index (χ1) is 13.8. The van der Waals surface area contributed by atoms with Crippen molar-refractivity contribution >= 4 is 17.3 Å².